The largest absolute Gasteiger partial charge is 0.619 e. The van der Waals surface area contributed by atoms with Gasteiger partial charge in [-0.1, -0.05) is 16.8 Å². The van der Waals surface area contributed by atoms with Crippen molar-refractivity contribution in [2.45, 2.75) is 16.3 Å². The molecule has 2 aromatic heterocycles. The molecular weight excluding hydrogens is 540 g/mol. The molecule has 16 heteroatoms. The van der Waals surface area contributed by atoms with Crippen molar-refractivity contribution in [3.63, 3.8) is 0 Å². The van der Waals surface area contributed by atoms with E-state index in [-0.39, 0.29) is 28.0 Å². The van der Waals surface area contributed by atoms with Crippen molar-refractivity contribution in [2.24, 2.45) is 5.16 Å². The summed E-state index contributed by atoms with van der Waals surface area (Å²) in [6.07, 6.45) is 2.55. The first-order valence-corrected chi connectivity index (χ1v) is 13.0. The van der Waals surface area contributed by atoms with Crippen LogP contribution in [0.15, 0.2) is 45.2 Å². The highest BCUT2D eigenvalue weighted by Gasteiger charge is 2.54. The van der Waals surface area contributed by atoms with Gasteiger partial charge < -0.3 is 26.2 Å². The van der Waals surface area contributed by atoms with Crippen molar-refractivity contribution >= 4 is 75.1 Å². The average molecular weight is 557 g/mol. The van der Waals surface area contributed by atoms with Gasteiger partial charge in [0.15, 0.2) is 23.2 Å². The molecule has 0 unspecified atom stereocenters. The van der Waals surface area contributed by atoms with Crippen LogP contribution in [0.1, 0.15) is 5.69 Å². The van der Waals surface area contributed by atoms with Crippen molar-refractivity contribution in [1.29, 1.82) is 0 Å². The number of carbonyl (C=O) groups excluding carboxylic acids is 2. The van der Waals surface area contributed by atoms with Crippen LogP contribution in [0.3, 0.4) is 0 Å². The number of nitrogens with two attached hydrogens (primary N) is 1. The molecular formula is C19H17ClN6O6S3. The Kier molecular flexibility index (Phi) is 7.39. The van der Waals surface area contributed by atoms with Gasteiger partial charge in [-0.2, -0.15) is 4.73 Å². The molecule has 0 bridgehead atoms. The van der Waals surface area contributed by atoms with E-state index in [2.05, 4.69) is 15.5 Å². The van der Waals surface area contributed by atoms with Gasteiger partial charge >= 0.3 is 5.97 Å². The molecule has 0 aliphatic carbocycles. The molecule has 1 saturated heterocycles. The molecule has 0 spiro atoms. The molecule has 2 atom stereocenters. The Hall–Kier alpha value is -3.01. The Bertz CT molecular complexity index is 1270. The standard InChI is InChI=1S/C19H17ClN6O6S3/c1-32-24-12(10-7-35-19(21)22-10)15(27)23-13-16(28)26-14(18(29)30)8(6-34-17(13)26)5-33-11-4-25(31)3-2-9(11)20/h2-4,7,13,17H,5-6H2,1H3,(H2,21,22)(H,23,27)(H,29,30)/b24-12-/t13-,17-/m1/s1. The van der Waals surface area contributed by atoms with Crippen molar-refractivity contribution in [3.8, 4) is 0 Å². The molecule has 0 radical (unpaired) electrons. The van der Waals surface area contributed by atoms with Gasteiger partial charge in [-0.3, -0.25) is 14.5 Å². The van der Waals surface area contributed by atoms with Crippen LogP contribution >= 0.6 is 46.5 Å². The zero-order valence-corrected chi connectivity index (χ0v) is 21.0. The lowest BCUT2D eigenvalue weighted by atomic mass is 10.0. The molecule has 0 aromatic carbocycles. The van der Waals surface area contributed by atoms with Crippen LogP contribution < -0.4 is 15.8 Å². The number of carbonyl (C=O) groups is 3. The normalized spacial score (nSPS) is 19.8. The van der Waals surface area contributed by atoms with Gasteiger partial charge in [0.2, 0.25) is 0 Å². The first kappa shape index (κ1) is 25.1. The lowest BCUT2D eigenvalue weighted by Crippen LogP contribution is -2.71. The number of aliphatic carboxylic acids is 1. The number of aromatic nitrogens is 2. The molecule has 12 nitrogen and oxygen atoms in total. The fourth-order valence-electron chi connectivity index (χ4n) is 3.41. The van der Waals surface area contributed by atoms with Gasteiger partial charge in [0.25, 0.3) is 11.8 Å². The number of thiazole rings is 1. The zero-order chi connectivity index (χ0) is 25.3. The second-order valence-corrected chi connectivity index (χ2v) is 10.5. The SMILES string of the molecule is CO/N=C(\C(=O)N[C@@H]1C(=O)N2C(C(=O)O)=C(CSc3c[n+]([O-])ccc3Cl)CS[C@H]12)c1csc(N)n1. The van der Waals surface area contributed by atoms with Gasteiger partial charge in [0.05, 0.1) is 9.92 Å². The predicted molar refractivity (Wildman–Crippen MR) is 131 cm³/mol. The van der Waals surface area contributed by atoms with Crippen LogP contribution in [-0.2, 0) is 19.2 Å². The van der Waals surface area contributed by atoms with E-state index in [0.717, 1.165) is 16.2 Å². The van der Waals surface area contributed by atoms with Gasteiger partial charge in [0, 0.05) is 23.0 Å². The molecule has 184 valence electrons. The Morgan fingerprint density at radius 1 is 1.54 bits per heavy atom. The number of hydrogen-bond donors (Lipinski definition) is 3. The topological polar surface area (TPSA) is 174 Å². The van der Waals surface area contributed by atoms with Gasteiger partial charge in [-0.05, 0) is 5.57 Å². The average Bonchev–Trinajstić information content (AvgIpc) is 3.26. The van der Waals surface area contributed by atoms with E-state index >= 15 is 0 Å². The number of rotatable bonds is 8. The fourth-order valence-corrected chi connectivity index (χ4v) is 6.65. The third-order valence-corrected chi connectivity index (χ3v) is 8.53. The van der Waals surface area contributed by atoms with Crippen molar-refractivity contribution in [1.82, 2.24) is 15.2 Å². The van der Waals surface area contributed by atoms with E-state index in [4.69, 9.17) is 22.2 Å². The summed E-state index contributed by atoms with van der Waals surface area (Å²) in [5, 5.41) is 29.2. The molecule has 4 heterocycles. The lowest BCUT2D eigenvalue weighted by Gasteiger charge is -2.49. The highest BCUT2D eigenvalue weighted by atomic mass is 35.5. The summed E-state index contributed by atoms with van der Waals surface area (Å²) in [6.45, 7) is 0. The number of hydrogen-bond acceptors (Lipinski definition) is 11. The van der Waals surface area contributed by atoms with E-state index in [1.807, 2.05) is 0 Å². The maximum Gasteiger partial charge on any atom is 0.352 e. The van der Waals surface area contributed by atoms with Crippen LogP contribution in [0.25, 0.3) is 0 Å². The molecule has 2 aliphatic heterocycles. The predicted octanol–water partition coefficient (Wildman–Crippen LogP) is 0.894. The van der Waals surface area contributed by atoms with E-state index in [1.54, 1.807) is 0 Å². The van der Waals surface area contributed by atoms with Crippen molar-refractivity contribution < 1.29 is 29.1 Å². The van der Waals surface area contributed by atoms with Crippen LogP contribution in [0.2, 0.25) is 5.02 Å². The number of halogens is 1. The Labute approximate surface area is 215 Å². The molecule has 4 N–H and O–H groups in total. The highest BCUT2D eigenvalue weighted by molar-refractivity contribution is 8.01. The molecule has 1 fully saturated rings. The van der Waals surface area contributed by atoms with Crippen molar-refractivity contribution in [2.75, 3.05) is 24.3 Å². The number of β-lactam (4-membered cyclic amide) rings is 1. The zero-order valence-electron chi connectivity index (χ0n) is 17.8. The number of nitrogen functional groups attached to an aromatic ring is 1. The number of nitrogens with zero attached hydrogens (tertiary/aromatic N) is 4. The summed E-state index contributed by atoms with van der Waals surface area (Å²) in [5.74, 6) is -2.02. The number of anilines is 1. The molecule has 2 amide bonds. The summed E-state index contributed by atoms with van der Waals surface area (Å²) in [5.41, 5.74) is 6.01. The molecule has 2 aliphatic rings. The number of pyridine rings is 1. The second kappa shape index (κ2) is 10.3. The Balaban J connectivity index is 1.50. The minimum Gasteiger partial charge on any atom is -0.619 e. The molecule has 2 aromatic rings. The van der Waals surface area contributed by atoms with E-state index in [1.165, 1.54) is 54.5 Å². The second-order valence-electron chi connectivity index (χ2n) is 7.12. The number of carboxylic acids is 1. The maximum absolute atomic E-state index is 12.9. The summed E-state index contributed by atoms with van der Waals surface area (Å²) in [4.78, 5) is 48.2. The number of amides is 2. The maximum atomic E-state index is 12.9. The molecule has 0 saturated carbocycles. The summed E-state index contributed by atoms with van der Waals surface area (Å²) in [7, 11) is 1.26. The van der Waals surface area contributed by atoms with Gasteiger partial charge in [-0.15, -0.1) is 34.9 Å². The molecule has 35 heavy (non-hydrogen) atoms. The minimum atomic E-state index is -1.26. The Morgan fingerprint density at radius 2 is 2.31 bits per heavy atom. The smallest absolute Gasteiger partial charge is 0.352 e. The first-order chi connectivity index (χ1) is 16.7. The number of fused-ring (bicyclic) bond motifs is 1. The van der Waals surface area contributed by atoms with Crippen LogP contribution in [-0.4, -0.2) is 68.5 Å². The fraction of sp³-hybridized carbons (Fsp3) is 0.263. The third kappa shape index (κ3) is 5.03. The first-order valence-electron chi connectivity index (χ1n) is 9.75. The van der Waals surface area contributed by atoms with E-state index < -0.39 is 29.2 Å². The number of nitrogens with one attached hydrogen (secondary N) is 1. The minimum absolute atomic E-state index is 0.142. The van der Waals surface area contributed by atoms with Gasteiger partial charge in [-0.25, -0.2) is 9.78 Å². The third-order valence-electron chi connectivity index (χ3n) is 4.95. The summed E-state index contributed by atoms with van der Waals surface area (Å²) in [6, 6.07) is 0.486. The number of oxime groups is 1. The monoisotopic (exact) mass is 556 g/mol. The Morgan fingerprint density at radius 3 is 2.97 bits per heavy atom. The van der Waals surface area contributed by atoms with Crippen molar-refractivity contribution in [3.05, 3.63) is 51.0 Å². The molecule has 4 rings (SSSR count). The van der Waals surface area contributed by atoms with Crippen LogP contribution in [0.4, 0.5) is 5.13 Å². The quantitative estimate of drug-likeness (QED) is 0.106. The van der Waals surface area contributed by atoms with E-state index in [9.17, 15) is 24.7 Å². The van der Waals surface area contributed by atoms with Gasteiger partial charge in [0.1, 0.15) is 29.9 Å². The highest BCUT2D eigenvalue weighted by Crippen LogP contribution is 2.42. The van der Waals surface area contributed by atoms with Crippen LogP contribution in [0.5, 0.6) is 0 Å². The number of carboxylic acid groups (broad SMARTS) is 1. The summed E-state index contributed by atoms with van der Waals surface area (Å²) >= 11 is 9.74. The lowest BCUT2D eigenvalue weighted by molar-refractivity contribution is -0.607. The summed E-state index contributed by atoms with van der Waals surface area (Å²) < 4.78 is 0.597. The van der Waals surface area contributed by atoms with E-state index in [0.29, 0.717) is 26.0 Å². The van der Waals surface area contributed by atoms with Crippen LogP contribution in [0, 0.1) is 5.21 Å². The number of thioether (sulfide) groups is 2.